The number of halogens is 4. The molecule has 0 aliphatic carbocycles. The van der Waals surface area contributed by atoms with E-state index in [1.165, 1.54) is 12.1 Å². The van der Waals surface area contributed by atoms with Crippen molar-refractivity contribution in [3.05, 3.63) is 29.8 Å². The van der Waals surface area contributed by atoms with E-state index in [2.05, 4.69) is 20.4 Å². The van der Waals surface area contributed by atoms with E-state index in [0.29, 0.717) is 19.1 Å². The van der Waals surface area contributed by atoms with Crippen molar-refractivity contribution in [2.75, 3.05) is 33.4 Å². The Hall–Kier alpha value is -1.23. The average Bonchev–Trinajstić information content (AvgIpc) is 2.55. The van der Waals surface area contributed by atoms with Crippen molar-refractivity contribution >= 4 is 29.9 Å². The fraction of sp³-hybridized carbons (Fsp3) is 0.562. The van der Waals surface area contributed by atoms with Crippen molar-refractivity contribution in [3.63, 3.8) is 0 Å². The molecule has 1 aromatic carbocycles. The minimum absolute atomic E-state index is 0. The van der Waals surface area contributed by atoms with E-state index in [1.54, 1.807) is 19.2 Å². The summed E-state index contributed by atoms with van der Waals surface area (Å²) in [5.41, 5.74) is 0.878. The molecule has 0 spiro atoms. The van der Waals surface area contributed by atoms with Crippen LogP contribution in [0.25, 0.3) is 0 Å². The van der Waals surface area contributed by atoms with E-state index in [9.17, 15) is 13.2 Å². The predicted molar refractivity (Wildman–Crippen MR) is 103 cm³/mol. The highest BCUT2D eigenvalue weighted by Crippen LogP contribution is 2.19. The molecule has 0 saturated carbocycles. The zero-order valence-electron chi connectivity index (χ0n) is 14.4. The third-order valence-corrected chi connectivity index (χ3v) is 2.91. The minimum Gasteiger partial charge on any atom is -0.484 e. The van der Waals surface area contributed by atoms with Gasteiger partial charge in [0.25, 0.3) is 0 Å². The quantitative estimate of drug-likeness (QED) is 0.249. The van der Waals surface area contributed by atoms with Crippen LogP contribution in [-0.4, -0.2) is 45.5 Å². The molecule has 25 heavy (non-hydrogen) atoms. The van der Waals surface area contributed by atoms with Crippen LogP contribution in [-0.2, 0) is 11.3 Å². The first-order chi connectivity index (χ1) is 11.4. The van der Waals surface area contributed by atoms with Gasteiger partial charge >= 0.3 is 6.18 Å². The standard InChI is InChI=1S/C16H24F3N3O2.HI/c1-3-20-15(21-9-4-10-23-2)22-11-13-5-7-14(8-6-13)24-12-16(17,18)19;/h5-8H,3-4,9-12H2,1-2H3,(H2,20,21,22);1H. The van der Waals surface area contributed by atoms with Gasteiger partial charge < -0.3 is 20.1 Å². The van der Waals surface area contributed by atoms with Gasteiger partial charge in [-0.2, -0.15) is 13.2 Å². The zero-order valence-corrected chi connectivity index (χ0v) is 16.7. The van der Waals surface area contributed by atoms with Gasteiger partial charge in [-0.3, -0.25) is 0 Å². The molecule has 0 fully saturated rings. The van der Waals surface area contributed by atoms with E-state index < -0.39 is 12.8 Å². The molecule has 5 nitrogen and oxygen atoms in total. The first-order valence-electron chi connectivity index (χ1n) is 7.74. The summed E-state index contributed by atoms with van der Waals surface area (Å²) in [7, 11) is 1.65. The summed E-state index contributed by atoms with van der Waals surface area (Å²) >= 11 is 0. The SMILES string of the molecule is CCNC(=NCc1ccc(OCC(F)(F)F)cc1)NCCCOC.I. The molecule has 0 aliphatic rings. The second kappa shape index (κ2) is 13.0. The lowest BCUT2D eigenvalue weighted by molar-refractivity contribution is -0.153. The summed E-state index contributed by atoms with van der Waals surface area (Å²) in [6, 6.07) is 6.42. The predicted octanol–water partition coefficient (Wildman–Crippen LogP) is 3.34. The zero-order chi connectivity index (χ0) is 17.8. The molecule has 0 bridgehead atoms. The molecule has 0 aromatic heterocycles. The van der Waals surface area contributed by atoms with Gasteiger partial charge in [-0.05, 0) is 31.0 Å². The molecule has 9 heteroatoms. The lowest BCUT2D eigenvalue weighted by atomic mass is 10.2. The molecule has 2 N–H and O–H groups in total. The molecule has 0 unspecified atom stereocenters. The van der Waals surface area contributed by atoms with Gasteiger partial charge in [-0.1, -0.05) is 12.1 Å². The second-order valence-electron chi connectivity index (χ2n) is 5.02. The average molecular weight is 475 g/mol. The van der Waals surface area contributed by atoms with Crippen LogP contribution in [0, 0.1) is 0 Å². The number of hydrogen-bond acceptors (Lipinski definition) is 3. The summed E-state index contributed by atoms with van der Waals surface area (Å²) in [5, 5.41) is 6.31. The van der Waals surface area contributed by atoms with Gasteiger partial charge in [-0.15, -0.1) is 24.0 Å². The Morgan fingerprint density at radius 1 is 1.16 bits per heavy atom. The molecule has 0 saturated heterocycles. The Labute approximate surface area is 163 Å². The van der Waals surface area contributed by atoms with Crippen LogP contribution in [0.1, 0.15) is 18.9 Å². The highest BCUT2D eigenvalue weighted by molar-refractivity contribution is 14.0. The smallest absolute Gasteiger partial charge is 0.422 e. The molecule has 0 aliphatic heterocycles. The first kappa shape index (κ1) is 23.8. The van der Waals surface area contributed by atoms with Crippen LogP contribution in [0.4, 0.5) is 13.2 Å². The number of guanidine groups is 1. The van der Waals surface area contributed by atoms with Crippen LogP contribution in [0.15, 0.2) is 29.3 Å². The largest absolute Gasteiger partial charge is 0.484 e. The number of hydrogen-bond donors (Lipinski definition) is 2. The van der Waals surface area contributed by atoms with Crippen molar-refractivity contribution in [2.45, 2.75) is 26.1 Å². The lowest BCUT2D eigenvalue weighted by Crippen LogP contribution is -2.38. The van der Waals surface area contributed by atoms with Crippen LogP contribution >= 0.6 is 24.0 Å². The molecule has 144 valence electrons. The number of benzene rings is 1. The fourth-order valence-corrected chi connectivity index (χ4v) is 1.79. The third kappa shape index (κ3) is 11.9. The summed E-state index contributed by atoms with van der Waals surface area (Å²) in [4.78, 5) is 4.43. The number of ether oxygens (including phenoxy) is 2. The van der Waals surface area contributed by atoms with Gasteiger partial charge in [0, 0.05) is 26.8 Å². The normalized spacial score (nSPS) is 11.6. The number of alkyl halides is 3. The molecular weight excluding hydrogens is 450 g/mol. The third-order valence-electron chi connectivity index (χ3n) is 2.91. The Bertz CT molecular complexity index is 496. The van der Waals surface area contributed by atoms with Crippen molar-refractivity contribution in [1.82, 2.24) is 10.6 Å². The van der Waals surface area contributed by atoms with E-state index in [0.717, 1.165) is 25.1 Å². The molecular formula is C16H25F3IN3O2. The Kier molecular flexibility index (Phi) is 12.4. The number of aliphatic imine (C=N–C) groups is 1. The lowest BCUT2D eigenvalue weighted by Gasteiger charge is -2.11. The summed E-state index contributed by atoms with van der Waals surface area (Å²) in [5.74, 6) is 0.871. The summed E-state index contributed by atoms with van der Waals surface area (Å²) in [6.45, 7) is 3.24. The second-order valence-corrected chi connectivity index (χ2v) is 5.02. The number of nitrogens with one attached hydrogen (secondary N) is 2. The number of methoxy groups -OCH3 is 1. The van der Waals surface area contributed by atoms with Crippen LogP contribution in [0.5, 0.6) is 5.75 Å². The monoisotopic (exact) mass is 475 g/mol. The van der Waals surface area contributed by atoms with Gasteiger partial charge in [0.1, 0.15) is 5.75 Å². The highest BCUT2D eigenvalue weighted by Gasteiger charge is 2.28. The van der Waals surface area contributed by atoms with Gasteiger partial charge in [0.15, 0.2) is 12.6 Å². The van der Waals surface area contributed by atoms with Gasteiger partial charge in [0.05, 0.1) is 6.54 Å². The van der Waals surface area contributed by atoms with Crippen LogP contribution in [0.2, 0.25) is 0 Å². The van der Waals surface area contributed by atoms with Crippen molar-refractivity contribution in [1.29, 1.82) is 0 Å². The summed E-state index contributed by atoms with van der Waals surface area (Å²) < 4.78 is 45.9. The highest BCUT2D eigenvalue weighted by atomic mass is 127. The van der Waals surface area contributed by atoms with E-state index in [1.807, 2.05) is 6.92 Å². The molecule has 0 atom stereocenters. The Morgan fingerprint density at radius 3 is 2.40 bits per heavy atom. The summed E-state index contributed by atoms with van der Waals surface area (Å²) in [6.07, 6.45) is -3.47. The molecule has 0 amide bonds. The maximum atomic E-state index is 12.1. The maximum Gasteiger partial charge on any atom is 0.422 e. The number of nitrogens with zero attached hydrogens (tertiary/aromatic N) is 1. The van der Waals surface area contributed by atoms with Gasteiger partial charge in [-0.25, -0.2) is 4.99 Å². The Morgan fingerprint density at radius 2 is 1.84 bits per heavy atom. The molecule has 1 rings (SSSR count). The first-order valence-corrected chi connectivity index (χ1v) is 7.74. The van der Waals surface area contributed by atoms with E-state index >= 15 is 0 Å². The minimum atomic E-state index is -4.34. The maximum absolute atomic E-state index is 12.1. The van der Waals surface area contributed by atoms with Crippen molar-refractivity contribution in [3.8, 4) is 5.75 Å². The molecule has 0 radical (unpaired) electrons. The molecule has 0 heterocycles. The van der Waals surface area contributed by atoms with E-state index in [-0.39, 0.29) is 29.7 Å². The van der Waals surface area contributed by atoms with Crippen molar-refractivity contribution in [2.24, 2.45) is 4.99 Å². The fourth-order valence-electron chi connectivity index (χ4n) is 1.79. The molecule has 1 aromatic rings. The topological polar surface area (TPSA) is 54.9 Å². The van der Waals surface area contributed by atoms with Crippen molar-refractivity contribution < 1.29 is 22.6 Å². The van der Waals surface area contributed by atoms with Crippen LogP contribution in [0.3, 0.4) is 0 Å². The van der Waals surface area contributed by atoms with Crippen LogP contribution < -0.4 is 15.4 Å². The number of rotatable bonds is 9. The van der Waals surface area contributed by atoms with E-state index in [4.69, 9.17) is 4.74 Å². The Balaban J connectivity index is 0.00000576. The van der Waals surface area contributed by atoms with Gasteiger partial charge in [0.2, 0.25) is 0 Å².